The van der Waals surface area contributed by atoms with Crippen LogP contribution in [0.3, 0.4) is 0 Å². The summed E-state index contributed by atoms with van der Waals surface area (Å²) >= 11 is 1.39. The Balaban J connectivity index is 1.70. The van der Waals surface area contributed by atoms with E-state index in [2.05, 4.69) is 9.55 Å². The molecule has 0 saturated heterocycles. The van der Waals surface area contributed by atoms with E-state index in [1.807, 2.05) is 50.3 Å². The fourth-order valence-corrected chi connectivity index (χ4v) is 4.65. The lowest BCUT2D eigenvalue weighted by atomic mass is 10.2. The largest absolute Gasteiger partial charge is 0.318 e. The first kappa shape index (κ1) is 16.9. The topological polar surface area (TPSA) is 39.3 Å². The molecular formula is C22H16FN3OS. The van der Waals surface area contributed by atoms with Crippen molar-refractivity contribution in [3.63, 3.8) is 0 Å². The van der Waals surface area contributed by atoms with Crippen LogP contribution in [0, 0.1) is 19.7 Å². The normalized spacial score (nSPS) is 12.5. The fourth-order valence-electron chi connectivity index (χ4n) is 3.67. The lowest BCUT2D eigenvalue weighted by Crippen LogP contribution is -2.22. The molecule has 0 N–H and O–H groups in total. The van der Waals surface area contributed by atoms with Gasteiger partial charge in [-0.3, -0.25) is 4.79 Å². The summed E-state index contributed by atoms with van der Waals surface area (Å²) in [6.45, 7) is 4.00. The van der Waals surface area contributed by atoms with Crippen LogP contribution >= 0.6 is 11.3 Å². The van der Waals surface area contributed by atoms with Crippen molar-refractivity contribution in [1.82, 2.24) is 14.0 Å². The number of thiazole rings is 1. The molecule has 0 radical (unpaired) electrons. The molecule has 5 aromatic rings. The Bertz CT molecular complexity index is 1460. The molecule has 0 aliphatic carbocycles. The molecule has 4 nitrogen and oxygen atoms in total. The van der Waals surface area contributed by atoms with Gasteiger partial charge in [0, 0.05) is 17.1 Å². The number of benzene rings is 2. The summed E-state index contributed by atoms with van der Waals surface area (Å²) in [6.07, 6.45) is 1.92. The predicted molar refractivity (Wildman–Crippen MR) is 111 cm³/mol. The van der Waals surface area contributed by atoms with E-state index in [4.69, 9.17) is 0 Å². The van der Waals surface area contributed by atoms with E-state index in [-0.39, 0.29) is 11.4 Å². The molecule has 3 heterocycles. The molecule has 0 aliphatic rings. The average molecular weight is 389 g/mol. The third-order valence-corrected chi connectivity index (χ3v) is 5.96. The van der Waals surface area contributed by atoms with Gasteiger partial charge in [-0.1, -0.05) is 23.5 Å². The number of para-hydroxylation sites is 2. The molecule has 0 aliphatic heterocycles. The van der Waals surface area contributed by atoms with Gasteiger partial charge in [0.1, 0.15) is 5.82 Å². The van der Waals surface area contributed by atoms with E-state index in [0.29, 0.717) is 9.49 Å². The summed E-state index contributed by atoms with van der Waals surface area (Å²) in [4.78, 5) is 18.2. The highest BCUT2D eigenvalue weighted by molar-refractivity contribution is 7.15. The second kappa shape index (κ2) is 6.14. The van der Waals surface area contributed by atoms with E-state index in [0.717, 1.165) is 33.7 Å². The molecule has 6 heteroatoms. The molecule has 0 unspecified atom stereocenters. The first-order chi connectivity index (χ1) is 13.5. The molecule has 0 fully saturated rings. The number of halogens is 1. The number of fused-ring (bicyclic) bond motifs is 3. The minimum atomic E-state index is -0.261. The summed E-state index contributed by atoms with van der Waals surface area (Å²) in [5.41, 5.74) is 5.48. The van der Waals surface area contributed by atoms with E-state index < -0.39 is 0 Å². The summed E-state index contributed by atoms with van der Waals surface area (Å²) in [5.74, 6) is -0.261. The number of imidazole rings is 1. The minimum Gasteiger partial charge on any atom is -0.318 e. The van der Waals surface area contributed by atoms with Crippen LogP contribution in [-0.4, -0.2) is 14.0 Å². The highest BCUT2D eigenvalue weighted by Crippen LogP contribution is 2.22. The lowest BCUT2D eigenvalue weighted by Gasteiger charge is -2.09. The average Bonchev–Trinajstić information content (AvgIpc) is 3.28. The molecule has 2 aromatic carbocycles. The van der Waals surface area contributed by atoms with Crippen molar-refractivity contribution in [1.29, 1.82) is 0 Å². The standard InChI is InChI=1S/C22H16FN3OS/c1-13-11-15(14(2)25(13)17-9-7-16(23)8-10-17)12-20-21(27)26-19-6-4-3-5-18(19)24-22(26)28-20/h3-12H,1-2H3/b20-12+. The Morgan fingerprint density at radius 3 is 2.61 bits per heavy atom. The van der Waals surface area contributed by atoms with Crippen LogP contribution < -0.4 is 10.1 Å². The Kier molecular flexibility index (Phi) is 3.70. The third-order valence-electron chi connectivity index (χ3n) is 4.99. The second-order valence-corrected chi connectivity index (χ2v) is 7.78. The van der Waals surface area contributed by atoms with Crippen LogP contribution in [0.25, 0.3) is 27.8 Å². The van der Waals surface area contributed by atoms with E-state index in [1.54, 1.807) is 16.5 Å². The van der Waals surface area contributed by atoms with Gasteiger partial charge in [0.25, 0.3) is 5.56 Å². The van der Waals surface area contributed by atoms with Crippen LogP contribution in [0.2, 0.25) is 0 Å². The first-order valence-corrected chi connectivity index (χ1v) is 9.71. The maximum Gasteiger partial charge on any atom is 0.274 e. The van der Waals surface area contributed by atoms with Gasteiger partial charge >= 0.3 is 0 Å². The number of rotatable bonds is 2. The van der Waals surface area contributed by atoms with Gasteiger partial charge in [-0.15, -0.1) is 0 Å². The van der Waals surface area contributed by atoms with Crippen LogP contribution in [0.15, 0.2) is 59.4 Å². The van der Waals surface area contributed by atoms with Gasteiger partial charge in [0.2, 0.25) is 0 Å². The van der Waals surface area contributed by atoms with Crippen molar-refractivity contribution in [3.05, 3.63) is 92.3 Å². The smallest absolute Gasteiger partial charge is 0.274 e. The van der Waals surface area contributed by atoms with Crippen molar-refractivity contribution in [2.24, 2.45) is 0 Å². The zero-order chi connectivity index (χ0) is 19.4. The second-order valence-electron chi connectivity index (χ2n) is 6.77. The van der Waals surface area contributed by atoms with Crippen LogP contribution in [-0.2, 0) is 0 Å². The van der Waals surface area contributed by atoms with E-state index in [1.165, 1.54) is 23.5 Å². The highest BCUT2D eigenvalue weighted by Gasteiger charge is 2.13. The van der Waals surface area contributed by atoms with Gasteiger partial charge in [-0.2, -0.15) is 0 Å². The molecule has 5 rings (SSSR count). The zero-order valence-electron chi connectivity index (χ0n) is 15.3. The van der Waals surface area contributed by atoms with E-state index >= 15 is 0 Å². The quantitative estimate of drug-likeness (QED) is 0.458. The molecule has 0 atom stereocenters. The van der Waals surface area contributed by atoms with Gasteiger partial charge < -0.3 is 4.57 Å². The number of aromatic nitrogens is 3. The number of nitrogens with zero attached hydrogens (tertiary/aromatic N) is 3. The lowest BCUT2D eigenvalue weighted by molar-refractivity contribution is 0.627. The molecule has 28 heavy (non-hydrogen) atoms. The summed E-state index contributed by atoms with van der Waals surface area (Å²) in [7, 11) is 0. The number of aryl methyl sites for hydroxylation is 1. The first-order valence-electron chi connectivity index (χ1n) is 8.89. The number of hydrogen-bond donors (Lipinski definition) is 0. The Morgan fingerprint density at radius 2 is 1.82 bits per heavy atom. The Morgan fingerprint density at radius 1 is 1.07 bits per heavy atom. The van der Waals surface area contributed by atoms with Gasteiger partial charge in [0.05, 0.1) is 15.6 Å². The molecule has 0 spiro atoms. The SMILES string of the molecule is Cc1cc(/C=c2/sc3nc4ccccc4n3c2=O)c(C)n1-c1ccc(F)cc1. The van der Waals surface area contributed by atoms with Crippen molar-refractivity contribution >= 4 is 33.4 Å². The summed E-state index contributed by atoms with van der Waals surface area (Å²) in [5, 5.41) is 0. The molecule has 3 aromatic heterocycles. The monoisotopic (exact) mass is 389 g/mol. The van der Waals surface area contributed by atoms with Gasteiger partial charge in [0.15, 0.2) is 4.96 Å². The molecule has 0 saturated carbocycles. The van der Waals surface area contributed by atoms with Gasteiger partial charge in [-0.05, 0) is 68.0 Å². The molecular weight excluding hydrogens is 373 g/mol. The Labute approximate surface area is 163 Å². The maximum atomic E-state index is 13.3. The molecule has 138 valence electrons. The summed E-state index contributed by atoms with van der Waals surface area (Å²) in [6, 6.07) is 16.1. The van der Waals surface area contributed by atoms with Gasteiger partial charge in [-0.25, -0.2) is 13.8 Å². The van der Waals surface area contributed by atoms with Crippen molar-refractivity contribution in [2.75, 3.05) is 0 Å². The van der Waals surface area contributed by atoms with Crippen LogP contribution in [0.1, 0.15) is 17.0 Å². The Hall–Kier alpha value is -3.25. The van der Waals surface area contributed by atoms with Crippen LogP contribution in [0.5, 0.6) is 0 Å². The zero-order valence-corrected chi connectivity index (χ0v) is 16.1. The predicted octanol–water partition coefficient (Wildman–Crippen LogP) is 4.00. The summed E-state index contributed by atoms with van der Waals surface area (Å²) < 4.78 is 17.6. The third kappa shape index (κ3) is 2.49. The minimum absolute atomic E-state index is 0.0553. The van der Waals surface area contributed by atoms with Crippen LogP contribution in [0.4, 0.5) is 4.39 Å². The van der Waals surface area contributed by atoms with E-state index in [9.17, 15) is 9.18 Å². The van der Waals surface area contributed by atoms with Crippen molar-refractivity contribution < 1.29 is 4.39 Å². The highest BCUT2D eigenvalue weighted by atomic mass is 32.1. The van der Waals surface area contributed by atoms with Crippen molar-refractivity contribution in [2.45, 2.75) is 13.8 Å². The molecule has 0 bridgehead atoms. The number of hydrogen-bond acceptors (Lipinski definition) is 3. The maximum absolute atomic E-state index is 13.3. The van der Waals surface area contributed by atoms with Crippen molar-refractivity contribution in [3.8, 4) is 5.69 Å². The fraction of sp³-hybridized carbons (Fsp3) is 0.0909. The molecule has 0 amide bonds.